The highest BCUT2D eigenvalue weighted by Gasteiger charge is 2.51. The average molecular weight is 783 g/mol. The zero-order valence-corrected chi connectivity index (χ0v) is 34.2. The lowest BCUT2D eigenvalue weighted by molar-refractivity contribution is -0.118. The summed E-state index contributed by atoms with van der Waals surface area (Å²) in [6, 6.07) is 25.1. The van der Waals surface area contributed by atoms with Crippen molar-refractivity contribution in [2.75, 3.05) is 26.1 Å². The van der Waals surface area contributed by atoms with Gasteiger partial charge in [-0.25, -0.2) is 4.98 Å². The minimum atomic E-state index is -2.59. The highest BCUT2D eigenvalue weighted by molar-refractivity contribution is 6.74. The molecule has 6 rings (SSSR count). The number of methoxy groups -OCH3 is 2. The van der Waals surface area contributed by atoms with Crippen LogP contribution in [0.2, 0.25) is 18.1 Å². The first-order chi connectivity index (χ1) is 26.6. The number of benzene rings is 3. The van der Waals surface area contributed by atoms with Crippen LogP contribution in [-0.2, 0) is 24.3 Å². The van der Waals surface area contributed by atoms with Crippen molar-refractivity contribution < 1.29 is 33.4 Å². The minimum Gasteiger partial charge on any atom is -0.497 e. The van der Waals surface area contributed by atoms with E-state index in [1.54, 1.807) is 32.6 Å². The second-order valence-corrected chi connectivity index (χ2v) is 20.3. The number of H-pyrrole nitrogens is 1. The zero-order chi connectivity index (χ0) is 40.4. The Morgan fingerprint density at radius 2 is 1.54 bits per heavy atom. The molecular weight excluding hydrogens is 733 g/mol. The Morgan fingerprint density at radius 3 is 2.05 bits per heavy atom. The number of amides is 1. The molecule has 296 valence electrons. The largest absolute Gasteiger partial charge is 0.497 e. The van der Waals surface area contributed by atoms with E-state index in [-0.39, 0.29) is 46.3 Å². The van der Waals surface area contributed by atoms with Gasteiger partial charge in [-0.1, -0.05) is 94.4 Å². The van der Waals surface area contributed by atoms with Crippen LogP contribution in [0.4, 0.5) is 5.95 Å². The fourth-order valence-electron chi connectivity index (χ4n) is 6.42. The number of fused-ring (bicyclic) bond motifs is 1. The maximum atomic E-state index is 13.2. The lowest BCUT2D eigenvalue weighted by atomic mass is 9.80. The lowest BCUT2D eigenvalue weighted by Gasteiger charge is -2.39. The maximum Gasteiger partial charge on any atom is 0.280 e. The molecule has 0 spiro atoms. The van der Waals surface area contributed by atoms with Crippen LogP contribution in [0.25, 0.3) is 11.2 Å². The van der Waals surface area contributed by atoms with Crippen LogP contribution in [0.5, 0.6) is 11.5 Å². The molecule has 1 fully saturated rings. The second kappa shape index (κ2) is 16.0. The normalized spacial score (nSPS) is 18.5. The molecule has 0 unspecified atom stereocenters. The van der Waals surface area contributed by atoms with Gasteiger partial charge in [-0.2, -0.15) is 4.98 Å². The Hall–Kier alpha value is -5.35. The Bertz CT molecular complexity index is 2180. The summed E-state index contributed by atoms with van der Waals surface area (Å²) in [5.41, 5.74) is 1.09. The number of carbonyl (C=O) groups excluding carboxylic acids is 1. The fraction of sp³-hybridized carbons (Fsp3) is 0.390. The highest BCUT2D eigenvalue weighted by atomic mass is 28.4. The summed E-state index contributed by atoms with van der Waals surface area (Å²) >= 11 is 0. The molecule has 5 aromatic rings. The van der Waals surface area contributed by atoms with Gasteiger partial charge in [-0.3, -0.25) is 24.5 Å². The molecule has 3 aromatic carbocycles. The first-order valence-electron chi connectivity index (χ1n) is 18.4. The molecule has 0 aliphatic carbocycles. The third kappa shape index (κ3) is 7.71. The first-order valence-corrected chi connectivity index (χ1v) is 21.4. The number of anilines is 1. The Kier molecular flexibility index (Phi) is 11.5. The molecule has 1 saturated heterocycles. The van der Waals surface area contributed by atoms with Crippen LogP contribution >= 0.6 is 0 Å². The molecule has 1 aliphatic heterocycles. The molecule has 3 atom stereocenters. The van der Waals surface area contributed by atoms with E-state index in [1.165, 1.54) is 6.33 Å². The van der Waals surface area contributed by atoms with Crippen molar-refractivity contribution >= 4 is 37.0 Å². The zero-order valence-electron chi connectivity index (χ0n) is 33.2. The number of imidazole rings is 1. The number of rotatable bonds is 13. The summed E-state index contributed by atoms with van der Waals surface area (Å²) in [7, 11) is 0.641. The average Bonchev–Trinajstić information content (AvgIpc) is 3.76. The third-order valence-corrected chi connectivity index (χ3v) is 15.1. The van der Waals surface area contributed by atoms with Gasteiger partial charge in [-0.05, 0) is 59.1 Å². The van der Waals surface area contributed by atoms with Crippen molar-refractivity contribution in [3.8, 4) is 11.5 Å². The summed E-state index contributed by atoms with van der Waals surface area (Å²) < 4.78 is 33.5. The summed E-state index contributed by atoms with van der Waals surface area (Å²) in [6.07, 6.45) is -1.44. The number of ether oxygens (including phenoxy) is 4. The van der Waals surface area contributed by atoms with Gasteiger partial charge < -0.3 is 28.6 Å². The van der Waals surface area contributed by atoms with Crippen LogP contribution < -0.4 is 20.3 Å². The number of oxime groups is 1. The van der Waals surface area contributed by atoms with E-state index in [0.29, 0.717) is 11.5 Å². The van der Waals surface area contributed by atoms with Crippen LogP contribution in [0.15, 0.2) is 95.1 Å². The van der Waals surface area contributed by atoms with Gasteiger partial charge >= 0.3 is 0 Å². The number of nitrogens with zero attached hydrogens (tertiary/aromatic N) is 4. The predicted molar refractivity (Wildman–Crippen MR) is 215 cm³/mol. The quantitative estimate of drug-likeness (QED) is 0.0496. The van der Waals surface area contributed by atoms with E-state index < -0.39 is 37.9 Å². The summed E-state index contributed by atoms with van der Waals surface area (Å²) in [6.45, 7) is 13.9. The standard InChI is InChI=1S/C41H50N6O8Si/c1-25(2)36(48)44-39-43-35-33(37(49)45-39)42-24-47(35)38-34(55-56(8,9)40(3,4)5)32(46-50)31(54-38)23-53-41(26-13-11-10-12-14-26,27-15-19-29(51-6)20-16-27)28-17-21-30(52-7)22-18-28/h10-22,24-25,31,34,38,50H,23H2,1-9H3,(H2,43,44,45,48,49)/b46-32+/t31-,34-,38-/m1/s1. The van der Waals surface area contributed by atoms with E-state index in [4.69, 9.17) is 23.4 Å². The van der Waals surface area contributed by atoms with Crippen molar-refractivity contribution in [1.82, 2.24) is 19.5 Å². The summed E-state index contributed by atoms with van der Waals surface area (Å²) in [5.74, 6) is 0.645. The monoisotopic (exact) mass is 782 g/mol. The molecule has 2 aromatic heterocycles. The van der Waals surface area contributed by atoms with Crippen molar-refractivity contribution in [3.63, 3.8) is 0 Å². The van der Waals surface area contributed by atoms with Crippen molar-refractivity contribution in [3.05, 3.63) is 112 Å². The topological polar surface area (TPSA) is 171 Å². The molecule has 14 nitrogen and oxygen atoms in total. The Morgan fingerprint density at radius 1 is 0.964 bits per heavy atom. The molecule has 3 N–H and O–H groups in total. The highest BCUT2D eigenvalue weighted by Crippen LogP contribution is 2.45. The van der Waals surface area contributed by atoms with E-state index in [9.17, 15) is 14.8 Å². The van der Waals surface area contributed by atoms with Gasteiger partial charge in [0.05, 0.1) is 27.2 Å². The summed E-state index contributed by atoms with van der Waals surface area (Å²) in [5, 5.41) is 17.0. The van der Waals surface area contributed by atoms with E-state index in [2.05, 4.69) is 59.3 Å². The van der Waals surface area contributed by atoms with E-state index >= 15 is 0 Å². The second-order valence-electron chi connectivity index (χ2n) is 15.5. The SMILES string of the molecule is COc1ccc(C(OC[C@H]2O[C@@H](n3cnc4c(=O)[nH]c(NC(=O)C(C)C)nc43)[C@H](O[Si](C)(C)C(C)(C)C)/C2=N/O)(c2ccccc2)c2ccc(OC)cc2)cc1. The van der Waals surface area contributed by atoms with Crippen LogP contribution in [-0.4, -0.2) is 77.7 Å². The Balaban J connectivity index is 1.47. The van der Waals surface area contributed by atoms with E-state index in [1.807, 2.05) is 78.9 Å². The molecule has 0 radical (unpaired) electrons. The molecule has 0 saturated carbocycles. The maximum absolute atomic E-state index is 13.2. The number of aromatic amines is 1. The molecule has 56 heavy (non-hydrogen) atoms. The summed E-state index contributed by atoms with van der Waals surface area (Å²) in [4.78, 5) is 37.4. The molecule has 1 amide bonds. The number of carbonyl (C=O) groups is 1. The van der Waals surface area contributed by atoms with Gasteiger partial charge in [0.15, 0.2) is 25.7 Å². The van der Waals surface area contributed by atoms with Crippen LogP contribution in [0.3, 0.4) is 0 Å². The van der Waals surface area contributed by atoms with Gasteiger partial charge in [0.25, 0.3) is 5.56 Å². The molecule has 0 bridgehead atoms. The lowest BCUT2D eigenvalue weighted by Crippen LogP contribution is -2.47. The van der Waals surface area contributed by atoms with E-state index in [0.717, 1.165) is 16.7 Å². The smallest absolute Gasteiger partial charge is 0.280 e. The fourth-order valence-corrected chi connectivity index (χ4v) is 7.64. The number of nitrogens with one attached hydrogen (secondary N) is 2. The molecule has 15 heteroatoms. The van der Waals surface area contributed by atoms with Gasteiger partial charge in [0.1, 0.15) is 35.0 Å². The molecule has 3 heterocycles. The minimum absolute atomic E-state index is 0.0338. The number of hydrogen-bond acceptors (Lipinski definition) is 11. The van der Waals surface area contributed by atoms with Crippen LogP contribution in [0, 0.1) is 5.92 Å². The van der Waals surface area contributed by atoms with Gasteiger partial charge in [0, 0.05) is 5.92 Å². The van der Waals surface area contributed by atoms with Crippen LogP contribution in [0.1, 0.15) is 57.5 Å². The third-order valence-electron chi connectivity index (χ3n) is 10.6. The van der Waals surface area contributed by atoms with Crippen molar-refractivity contribution in [2.45, 2.75) is 76.8 Å². The predicted octanol–water partition coefficient (Wildman–Crippen LogP) is 6.86. The first kappa shape index (κ1) is 40.3. The number of aromatic nitrogens is 4. The number of hydrogen-bond donors (Lipinski definition) is 3. The molecular formula is C41H50N6O8Si. The van der Waals surface area contributed by atoms with Gasteiger partial charge in [0.2, 0.25) is 11.9 Å². The Labute approximate surface area is 327 Å². The van der Waals surface area contributed by atoms with Crippen molar-refractivity contribution in [2.24, 2.45) is 11.1 Å². The molecule has 1 aliphatic rings. The van der Waals surface area contributed by atoms with Gasteiger partial charge in [-0.15, -0.1) is 0 Å². The van der Waals surface area contributed by atoms with Crippen molar-refractivity contribution in [1.29, 1.82) is 0 Å².